The van der Waals surface area contributed by atoms with E-state index in [1.54, 1.807) is 18.7 Å². The number of benzene rings is 1. The van der Waals surface area contributed by atoms with Gasteiger partial charge in [-0.1, -0.05) is 0 Å². The topological polar surface area (TPSA) is 87.0 Å². The summed E-state index contributed by atoms with van der Waals surface area (Å²) in [6.45, 7) is 2.25. The van der Waals surface area contributed by atoms with E-state index in [1.165, 1.54) is 0 Å². The van der Waals surface area contributed by atoms with Crippen LogP contribution in [0.2, 0.25) is 0 Å². The Bertz CT molecular complexity index is 538. The molecule has 0 aliphatic carbocycles. The lowest BCUT2D eigenvalue weighted by molar-refractivity contribution is 0.0995. The van der Waals surface area contributed by atoms with Crippen LogP contribution in [0.25, 0.3) is 11.0 Å². The quantitative estimate of drug-likeness (QED) is 0.618. The van der Waals surface area contributed by atoms with Crippen LogP contribution in [-0.4, -0.2) is 39.2 Å². The summed E-state index contributed by atoms with van der Waals surface area (Å²) in [6, 6.07) is 5.52. The van der Waals surface area contributed by atoms with Gasteiger partial charge in [0.2, 0.25) is 5.95 Å². The predicted octanol–water partition coefficient (Wildman–Crippen LogP) is 1.67. The summed E-state index contributed by atoms with van der Waals surface area (Å²) < 4.78 is 0. The first-order chi connectivity index (χ1) is 8.50. The number of nitrogens with zero attached hydrogens (tertiary/aromatic N) is 1. The second kappa shape index (κ2) is 5.07. The molecular formula is C12H18N4OS. The first kappa shape index (κ1) is 13.0. The average Bonchev–Trinajstić information content (AvgIpc) is 2.68. The zero-order valence-electron chi connectivity index (χ0n) is 10.5. The minimum Gasteiger partial charge on any atom is -0.399 e. The number of rotatable bonds is 5. The zero-order valence-corrected chi connectivity index (χ0v) is 11.3. The van der Waals surface area contributed by atoms with E-state index in [9.17, 15) is 5.11 Å². The number of thioether (sulfide) groups is 1. The van der Waals surface area contributed by atoms with Crippen molar-refractivity contribution in [2.45, 2.75) is 12.5 Å². The zero-order chi connectivity index (χ0) is 13.2. The van der Waals surface area contributed by atoms with E-state index < -0.39 is 5.60 Å². The van der Waals surface area contributed by atoms with E-state index >= 15 is 0 Å². The van der Waals surface area contributed by atoms with Crippen LogP contribution in [0, 0.1) is 0 Å². The molecule has 0 fully saturated rings. The molecule has 5 nitrogen and oxygen atoms in total. The van der Waals surface area contributed by atoms with Gasteiger partial charge in [-0.15, -0.1) is 0 Å². The smallest absolute Gasteiger partial charge is 0.201 e. The van der Waals surface area contributed by atoms with Crippen molar-refractivity contribution in [2.24, 2.45) is 0 Å². The summed E-state index contributed by atoms with van der Waals surface area (Å²) in [4.78, 5) is 7.51. The minimum atomic E-state index is -0.753. The van der Waals surface area contributed by atoms with Gasteiger partial charge < -0.3 is 21.1 Å². The summed E-state index contributed by atoms with van der Waals surface area (Å²) in [7, 11) is 0. The van der Waals surface area contributed by atoms with Crippen molar-refractivity contribution >= 4 is 34.4 Å². The second-order valence-corrected chi connectivity index (χ2v) is 5.51. The molecular weight excluding hydrogens is 248 g/mol. The van der Waals surface area contributed by atoms with Gasteiger partial charge >= 0.3 is 0 Å². The highest BCUT2D eigenvalue weighted by atomic mass is 32.2. The highest BCUT2D eigenvalue weighted by Crippen LogP contribution is 2.18. The molecule has 1 unspecified atom stereocenters. The van der Waals surface area contributed by atoms with Gasteiger partial charge in [-0.3, -0.25) is 0 Å². The van der Waals surface area contributed by atoms with Crippen LogP contribution < -0.4 is 11.1 Å². The maximum Gasteiger partial charge on any atom is 0.201 e. The second-order valence-electron chi connectivity index (χ2n) is 4.65. The van der Waals surface area contributed by atoms with Gasteiger partial charge in [0.25, 0.3) is 0 Å². The van der Waals surface area contributed by atoms with E-state index in [0.29, 0.717) is 23.9 Å². The Morgan fingerprint density at radius 3 is 3.06 bits per heavy atom. The molecule has 2 aromatic rings. The van der Waals surface area contributed by atoms with Crippen LogP contribution >= 0.6 is 11.8 Å². The Labute approximate surface area is 110 Å². The maximum absolute atomic E-state index is 10.0. The molecule has 6 heteroatoms. The number of aromatic nitrogens is 2. The number of fused-ring (bicyclic) bond motifs is 1. The highest BCUT2D eigenvalue weighted by Gasteiger charge is 2.19. The normalized spacial score (nSPS) is 14.6. The number of hydrogen-bond donors (Lipinski definition) is 4. The number of aromatic amines is 1. The molecule has 5 N–H and O–H groups in total. The van der Waals surface area contributed by atoms with Crippen LogP contribution in [0.3, 0.4) is 0 Å². The lowest BCUT2D eigenvalue weighted by Gasteiger charge is -2.22. The van der Waals surface area contributed by atoms with E-state index in [0.717, 1.165) is 11.0 Å². The van der Waals surface area contributed by atoms with E-state index in [4.69, 9.17) is 5.73 Å². The van der Waals surface area contributed by atoms with Crippen LogP contribution in [0.1, 0.15) is 6.92 Å². The maximum atomic E-state index is 10.0. The third kappa shape index (κ3) is 3.08. The standard InChI is InChI=1S/C12H18N4OS/c1-12(17,7-18-2)6-14-11-15-9-4-3-8(13)5-10(9)16-11/h3-5,17H,6-7,13H2,1-2H3,(H2,14,15,16). The molecule has 1 aromatic carbocycles. The molecule has 0 saturated carbocycles. The largest absolute Gasteiger partial charge is 0.399 e. The number of hydrogen-bond acceptors (Lipinski definition) is 5. The fraction of sp³-hybridized carbons (Fsp3) is 0.417. The van der Waals surface area contributed by atoms with E-state index in [1.807, 2.05) is 24.5 Å². The minimum absolute atomic E-state index is 0.448. The van der Waals surface area contributed by atoms with Gasteiger partial charge in [-0.2, -0.15) is 11.8 Å². The van der Waals surface area contributed by atoms with Crippen molar-refractivity contribution in [1.29, 1.82) is 0 Å². The molecule has 1 atom stereocenters. The van der Waals surface area contributed by atoms with Crippen LogP contribution in [0.5, 0.6) is 0 Å². The van der Waals surface area contributed by atoms with Crippen LogP contribution in [0.4, 0.5) is 11.6 Å². The van der Waals surface area contributed by atoms with Gasteiger partial charge in [0.05, 0.1) is 16.6 Å². The van der Waals surface area contributed by atoms with Crippen molar-refractivity contribution in [3.63, 3.8) is 0 Å². The molecule has 0 radical (unpaired) electrons. The van der Waals surface area contributed by atoms with Crippen molar-refractivity contribution in [3.05, 3.63) is 18.2 Å². The average molecular weight is 266 g/mol. The van der Waals surface area contributed by atoms with E-state index in [-0.39, 0.29) is 0 Å². The number of nitrogens with one attached hydrogen (secondary N) is 2. The molecule has 18 heavy (non-hydrogen) atoms. The van der Waals surface area contributed by atoms with Gasteiger partial charge in [0, 0.05) is 18.0 Å². The molecule has 0 spiro atoms. The first-order valence-corrected chi connectivity index (χ1v) is 7.10. The number of nitrogen functional groups attached to an aromatic ring is 1. The summed E-state index contributed by atoms with van der Waals surface area (Å²) in [5.74, 6) is 1.32. The Kier molecular flexibility index (Phi) is 3.68. The lowest BCUT2D eigenvalue weighted by atomic mass is 10.1. The molecule has 0 saturated heterocycles. The molecule has 98 valence electrons. The molecule has 0 aliphatic heterocycles. The first-order valence-electron chi connectivity index (χ1n) is 5.71. The van der Waals surface area contributed by atoms with Crippen LogP contribution in [0.15, 0.2) is 18.2 Å². The number of anilines is 2. The predicted molar refractivity (Wildman–Crippen MR) is 78.0 cm³/mol. The lowest BCUT2D eigenvalue weighted by Crippen LogP contribution is -2.36. The van der Waals surface area contributed by atoms with Crippen molar-refractivity contribution in [2.75, 3.05) is 29.6 Å². The molecule has 2 rings (SSSR count). The SMILES string of the molecule is CSCC(C)(O)CNc1nc2ccc(N)cc2[nH]1. The Morgan fingerprint density at radius 2 is 2.33 bits per heavy atom. The summed E-state index contributed by atoms with van der Waals surface area (Å²) in [5.41, 5.74) is 7.40. The third-order valence-electron chi connectivity index (χ3n) is 2.60. The van der Waals surface area contributed by atoms with Gasteiger partial charge in [0.1, 0.15) is 0 Å². The molecule has 0 bridgehead atoms. The summed E-state index contributed by atoms with van der Waals surface area (Å²) in [6.07, 6.45) is 1.97. The molecule has 0 amide bonds. The van der Waals surface area contributed by atoms with Gasteiger partial charge in [-0.05, 0) is 31.4 Å². The Morgan fingerprint density at radius 1 is 1.56 bits per heavy atom. The Hall–Kier alpha value is -1.40. The summed E-state index contributed by atoms with van der Waals surface area (Å²) in [5, 5.41) is 13.2. The molecule has 1 heterocycles. The number of aliphatic hydroxyl groups is 1. The molecule has 1 aromatic heterocycles. The van der Waals surface area contributed by atoms with Gasteiger partial charge in [0.15, 0.2) is 0 Å². The highest BCUT2D eigenvalue weighted by molar-refractivity contribution is 7.98. The Balaban J connectivity index is 2.08. The van der Waals surface area contributed by atoms with Crippen molar-refractivity contribution < 1.29 is 5.11 Å². The number of H-pyrrole nitrogens is 1. The summed E-state index contributed by atoms with van der Waals surface area (Å²) >= 11 is 1.61. The fourth-order valence-corrected chi connectivity index (χ4v) is 2.47. The van der Waals surface area contributed by atoms with E-state index in [2.05, 4.69) is 15.3 Å². The fourth-order valence-electron chi connectivity index (χ4n) is 1.75. The van der Waals surface area contributed by atoms with Crippen LogP contribution in [-0.2, 0) is 0 Å². The van der Waals surface area contributed by atoms with Crippen molar-refractivity contribution in [1.82, 2.24) is 9.97 Å². The number of nitrogens with two attached hydrogens (primary N) is 1. The molecule has 0 aliphatic rings. The number of imidazole rings is 1. The monoisotopic (exact) mass is 266 g/mol. The van der Waals surface area contributed by atoms with Gasteiger partial charge in [-0.25, -0.2) is 4.98 Å². The third-order valence-corrected chi connectivity index (χ3v) is 3.51. The van der Waals surface area contributed by atoms with Crippen molar-refractivity contribution in [3.8, 4) is 0 Å².